The van der Waals surface area contributed by atoms with Crippen molar-refractivity contribution in [2.45, 2.75) is 18.5 Å². The van der Waals surface area contributed by atoms with Gasteiger partial charge < -0.3 is 4.90 Å². The first-order valence-electron chi connectivity index (χ1n) is 9.59. The number of rotatable bonds is 4. The van der Waals surface area contributed by atoms with Crippen molar-refractivity contribution < 1.29 is 0 Å². The van der Waals surface area contributed by atoms with Crippen LogP contribution in [0.1, 0.15) is 16.7 Å². The molecule has 0 spiro atoms. The number of pyridine rings is 1. The summed E-state index contributed by atoms with van der Waals surface area (Å²) in [7, 11) is 0. The van der Waals surface area contributed by atoms with E-state index < -0.39 is 0 Å². The Bertz CT molecular complexity index is 1020. The van der Waals surface area contributed by atoms with Crippen LogP contribution in [0.25, 0.3) is 10.9 Å². The monoisotopic (exact) mass is 388 g/mol. The molecular formula is C23H24N4S. The standard InChI is InChI=1S/C23H24N4S/c1-17-7-9-18(10-8-17)16-26-11-13-27(14-12-26)22-19-5-3-4-6-21(19)25-23(28-2)20(22)15-24/h3-10H,11-14,16H2,1-2H3. The molecule has 2 heterocycles. The Hall–Kier alpha value is -2.55. The second-order valence-corrected chi connectivity index (χ2v) is 8.02. The van der Waals surface area contributed by atoms with Gasteiger partial charge in [-0.1, -0.05) is 48.0 Å². The molecule has 0 atom stereocenters. The molecule has 4 nitrogen and oxygen atoms in total. The number of hydrogen-bond donors (Lipinski definition) is 0. The van der Waals surface area contributed by atoms with Gasteiger partial charge in [-0.05, 0) is 24.8 Å². The van der Waals surface area contributed by atoms with Crippen molar-refractivity contribution in [2.75, 3.05) is 37.3 Å². The number of benzene rings is 2. The highest BCUT2D eigenvalue weighted by Gasteiger charge is 2.23. The number of anilines is 1. The molecule has 1 aromatic heterocycles. The minimum Gasteiger partial charge on any atom is -0.367 e. The molecule has 4 rings (SSSR count). The maximum atomic E-state index is 9.85. The first kappa shape index (κ1) is 18.8. The number of aryl methyl sites for hydroxylation is 1. The van der Waals surface area contributed by atoms with Crippen molar-refractivity contribution in [1.29, 1.82) is 5.26 Å². The van der Waals surface area contributed by atoms with E-state index in [0.717, 1.165) is 54.3 Å². The third-order valence-electron chi connectivity index (χ3n) is 5.35. The Kier molecular flexibility index (Phi) is 5.52. The highest BCUT2D eigenvalue weighted by Crippen LogP contribution is 2.35. The van der Waals surface area contributed by atoms with Crippen LogP contribution in [0.2, 0.25) is 0 Å². The predicted octanol–water partition coefficient (Wildman–Crippen LogP) is 4.46. The summed E-state index contributed by atoms with van der Waals surface area (Å²) in [5.41, 5.74) is 5.37. The smallest absolute Gasteiger partial charge is 0.116 e. The van der Waals surface area contributed by atoms with Crippen molar-refractivity contribution >= 4 is 28.4 Å². The second-order valence-electron chi connectivity index (χ2n) is 7.22. The number of piperazine rings is 1. The zero-order valence-corrected chi connectivity index (χ0v) is 17.2. The highest BCUT2D eigenvalue weighted by atomic mass is 32.2. The molecule has 0 saturated carbocycles. The van der Waals surface area contributed by atoms with Gasteiger partial charge in [0.2, 0.25) is 0 Å². The predicted molar refractivity (Wildman–Crippen MR) is 117 cm³/mol. The lowest BCUT2D eigenvalue weighted by atomic mass is 10.1. The quantitative estimate of drug-likeness (QED) is 0.618. The molecule has 3 aromatic rings. The summed E-state index contributed by atoms with van der Waals surface area (Å²) in [6.07, 6.45) is 1.99. The van der Waals surface area contributed by atoms with Gasteiger partial charge in [-0.15, -0.1) is 11.8 Å². The fraction of sp³-hybridized carbons (Fsp3) is 0.304. The van der Waals surface area contributed by atoms with Crippen LogP contribution in [-0.2, 0) is 6.54 Å². The Morgan fingerprint density at radius 2 is 1.75 bits per heavy atom. The summed E-state index contributed by atoms with van der Waals surface area (Å²) in [5, 5.41) is 11.7. The number of nitriles is 1. The second kappa shape index (κ2) is 8.22. The van der Waals surface area contributed by atoms with Crippen molar-refractivity contribution in [2.24, 2.45) is 0 Å². The lowest BCUT2D eigenvalue weighted by Crippen LogP contribution is -2.46. The molecule has 2 aromatic carbocycles. The number of para-hydroxylation sites is 1. The topological polar surface area (TPSA) is 43.2 Å². The van der Waals surface area contributed by atoms with E-state index in [0.29, 0.717) is 5.56 Å². The summed E-state index contributed by atoms with van der Waals surface area (Å²) >= 11 is 1.55. The van der Waals surface area contributed by atoms with Gasteiger partial charge in [0.25, 0.3) is 0 Å². The molecule has 1 fully saturated rings. The van der Waals surface area contributed by atoms with Gasteiger partial charge >= 0.3 is 0 Å². The average molecular weight is 389 g/mol. The molecular weight excluding hydrogens is 364 g/mol. The van der Waals surface area contributed by atoms with Gasteiger partial charge in [-0.25, -0.2) is 4.98 Å². The summed E-state index contributed by atoms with van der Waals surface area (Å²) in [6, 6.07) is 19.4. The lowest BCUT2D eigenvalue weighted by Gasteiger charge is -2.37. The van der Waals surface area contributed by atoms with Gasteiger partial charge in [0.15, 0.2) is 0 Å². The first-order chi connectivity index (χ1) is 13.7. The van der Waals surface area contributed by atoms with Gasteiger partial charge in [0.05, 0.1) is 11.2 Å². The molecule has 0 aliphatic carbocycles. The normalized spacial score (nSPS) is 15.0. The fourth-order valence-corrected chi connectivity index (χ4v) is 4.37. The third-order valence-corrected chi connectivity index (χ3v) is 6.03. The molecule has 1 aliphatic rings. The summed E-state index contributed by atoms with van der Waals surface area (Å²) in [5.74, 6) is 0. The minimum atomic E-state index is 0.707. The van der Waals surface area contributed by atoms with E-state index in [-0.39, 0.29) is 0 Å². The van der Waals surface area contributed by atoms with Crippen molar-refractivity contribution in [3.63, 3.8) is 0 Å². The summed E-state index contributed by atoms with van der Waals surface area (Å²) in [6.45, 7) is 6.92. The molecule has 142 valence electrons. The van der Waals surface area contributed by atoms with E-state index in [2.05, 4.69) is 53.1 Å². The molecule has 0 bridgehead atoms. The summed E-state index contributed by atoms with van der Waals surface area (Å²) in [4.78, 5) is 9.56. The van der Waals surface area contributed by atoms with E-state index in [1.807, 2.05) is 24.5 Å². The van der Waals surface area contributed by atoms with Gasteiger partial charge in [0.1, 0.15) is 16.7 Å². The molecule has 0 unspecified atom stereocenters. The Balaban J connectivity index is 1.58. The van der Waals surface area contributed by atoms with Crippen LogP contribution in [0, 0.1) is 18.3 Å². The van der Waals surface area contributed by atoms with Crippen LogP contribution >= 0.6 is 11.8 Å². The fourth-order valence-electron chi connectivity index (χ4n) is 3.83. The Morgan fingerprint density at radius 1 is 1.04 bits per heavy atom. The zero-order valence-electron chi connectivity index (χ0n) is 16.4. The van der Waals surface area contributed by atoms with E-state index in [1.54, 1.807) is 11.8 Å². The van der Waals surface area contributed by atoms with Crippen molar-refractivity contribution in [3.05, 3.63) is 65.2 Å². The maximum Gasteiger partial charge on any atom is 0.116 e. The molecule has 5 heteroatoms. The van der Waals surface area contributed by atoms with Crippen molar-refractivity contribution in [3.8, 4) is 6.07 Å². The SMILES string of the molecule is CSc1nc2ccccc2c(N2CCN(Cc3ccc(C)cc3)CC2)c1C#N. The number of nitrogens with zero attached hydrogens (tertiary/aromatic N) is 4. The average Bonchev–Trinajstić information content (AvgIpc) is 2.74. The lowest BCUT2D eigenvalue weighted by molar-refractivity contribution is 0.250. The molecule has 0 radical (unpaired) electrons. The molecule has 0 N–H and O–H groups in total. The van der Waals surface area contributed by atoms with Crippen LogP contribution in [0.3, 0.4) is 0 Å². The largest absolute Gasteiger partial charge is 0.367 e. The highest BCUT2D eigenvalue weighted by molar-refractivity contribution is 7.98. The zero-order chi connectivity index (χ0) is 19.5. The van der Waals surface area contributed by atoms with E-state index in [4.69, 9.17) is 4.98 Å². The van der Waals surface area contributed by atoms with Crippen LogP contribution in [0.5, 0.6) is 0 Å². The van der Waals surface area contributed by atoms with Crippen LogP contribution in [0.15, 0.2) is 53.6 Å². The first-order valence-corrected chi connectivity index (χ1v) is 10.8. The summed E-state index contributed by atoms with van der Waals surface area (Å²) < 4.78 is 0. The number of aromatic nitrogens is 1. The van der Waals surface area contributed by atoms with Crippen LogP contribution < -0.4 is 4.90 Å². The number of thioether (sulfide) groups is 1. The van der Waals surface area contributed by atoms with Crippen LogP contribution in [-0.4, -0.2) is 42.3 Å². The van der Waals surface area contributed by atoms with E-state index in [9.17, 15) is 5.26 Å². The number of fused-ring (bicyclic) bond motifs is 1. The molecule has 28 heavy (non-hydrogen) atoms. The van der Waals surface area contributed by atoms with Crippen LogP contribution in [0.4, 0.5) is 5.69 Å². The molecule has 1 aliphatic heterocycles. The molecule has 1 saturated heterocycles. The number of hydrogen-bond acceptors (Lipinski definition) is 5. The Labute approximate surface area is 170 Å². The van der Waals surface area contributed by atoms with E-state index >= 15 is 0 Å². The van der Waals surface area contributed by atoms with Gasteiger partial charge in [-0.3, -0.25) is 4.90 Å². The van der Waals surface area contributed by atoms with E-state index in [1.165, 1.54) is 11.1 Å². The third kappa shape index (κ3) is 3.71. The Morgan fingerprint density at radius 3 is 2.43 bits per heavy atom. The molecule has 0 amide bonds. The minimum absolute atomic E-state index is 0.707. The van der Waals surface area contributed by atoms with Gasteiger partial charge in [-0.2, -0.15) is 5.26 Å². The maximum absolute atomic E-state index is 9.85. The van der Waals surface area contributed by atoms with Gasteiger partial charge in [0, 0.05) is 38.1 Å². The van der Waals surface area contributed by atoms with Crippen molar-refractivity contribution in [1.82, 2.24) is 9.88 Å².